The maximum atomic E-state index is 12.1. The minimum absolute atomic E-state index is 0.247. The normalized spacial score (nSPS) is 10.5. The number of ether oxygens (including phenoxy) is 2. The lowest BCUT2D eigenvalue weighted by atomic mass is 10.2. The molecule has 9 nitrogen and oxygen atoms in total. The van der Waals surface area contributed by atoms with E-state index in [1.165, 1.54) is 38.6 Å². The van der Waals surface area contributed by atoms with Gasteiger partial charge in [0.1, 0.15) is 11.5 Å². The number of phenolic OH excluding ortho intramolecular Hbond substituents is 1. The lowest BCUT2D eigenvalue weighted by molar-refractivity contribution is -0.385. The lowest BCUT2D eigenvalue weighted by Gasteiger charge is -2.08. The molecule has 25 heavy (non-hydrogen) atoms. The van der Waals surface area contributed by atoms with Crippen LogP contribution in [0.4, 0.5) is 5.69 Å². The Morgan fingerprint density at radius 2 is 2.00 bits per heavy atom. The number of carbonyl (C=O) groups excluding carboxylic acids is 1. The third-order valence-electron chi connectivity index (χ3n) is 3.23. The van der Waals surface area contributed by atoms with Gasteiger partial charge in [0.15, 0.2) is 5.75 Å². The first kappa shape index (κ1) is 17.7. The van der Waals surface area contributed by atoms with Gasteiger partial charge in [-0.3, -0.25) is 14.9 Å². The monoisotopic (exact) mass is 345 g/mol. The summed E-state index contributed by atoms with van der Waals surface area (Å²) < 4.78 is 10.2. The van der Waals surface area contributed by atoms with E-state index in [0.717, 1.165) is 6.07 Å². The molecular weight excluding hydrogens is 330 g/mol. The quantitative estimate of drug-likeness (QED) is 0.469. The Morgan fingerprint density at radius 1 is 1.24 bits per heavy atom. The fourth-order valence-corrected chi connectivity index (χ4v) is 1.98. The number of benzene rings is 2. The first-order valence-corrected chi connectivity index (χ1v) is 6.99. The molecule has 0 aliphatic heterocycles. The Balaban J connectivity index is 2.13. The molecule has 1 amide bonds. The second-order valence-electron chi connectivity index (χ2n) is 4.77. The van der Waals surface area contributed by atoms with E-state index in [0.29, 0.717) is 17.1 Å². The number of rotatable bonds is 6. The molecule has 0 spiro atoms. The number of hydrogen-bond acceptors (Lipinski definition) is 7. The van der Waals surface area contributed by atoms with Crippen molar-refractivity contribution >= 4 is 17.8 Å². The molecule has 130 valence electrons. The van der Waals surface area contributed by atoms with Gasteiger partial charge in [-0.15, -0.1) is 0 Å². The topological polar surface area (TPSA) is 123 Å². The van der Waals surface area contributed by atoms with E-state index in [2.05, 4.69) is 10.5 Å². The van der Waals surface area contributed by atoms with Crippen molar-refractivity contribution in [2.75, 3.05) is 14.2 Å². The highest BCUT2D eigenvalue weighted by Gasteiger charge is 2.14. The molecule has 0 bridgehead atoms. The van der Waals surface area contributed by atoms with Gasteiger partial charge in [-0.05, 0) is 24.3 Å². The van der Waals surface area contributed by atoms with E-state index in [4.69, 9.17) is 9.47 Å². The molecule has 0 fully saturated rings. The van der Waals surface area contributed by atoms with Gasteiger partial charge < -0.3 is 14.6 Å². The van der Waals surface area contributed by atoms with Crippen LogP contribution >= 0.6 is 0 Å². The van der Waals surface area contributed by atoms with Crippen molar-refractivity contribution in [1.29, 1.82) is 0 Å². The van der Waals surface area contributed by atoms with Crippen LogP contribution in [0.3, 0.4) is 0 Å². The van der Waals surface area contributed by atoms with Gasteiger partial charge in [0.25, 0.3) is 5.91 Å². The highest BCUT2D eigenvalue weighted by atomic mass is 16.6. The number of aromatic hydroxyl groups is 1. The first-order valence-electron chi connectivity index (χ1n) is 6.99. The van der Waals surface area contributed by atoms with Gasteiger partial charge >= 0.3 is 5.69 Å². The molecule has 9 heteroatoms. The molecule has 2 rings (SSSR count). The molecule has 0 atom stereocenters. The van der Waals surface area contributed by atoms with Crippen LogP contribution in [0.2, 0.25) is 0 Å². The summed E-state index contributed by atoms with van der Waals surface area (Å²) in [5.41, 5.74) is 2.44. The van der Waals surface area contributed by atoms with Crippen molar-refractivity contribution in [2.45, 2.75) is 0 Å². The van der Waals surface area contributed by atoms with Crippen molar-refractivity contribution in [3.63, 3.8) is 0 Å². The van der Waals surface area contributed by atoms with Gasteiger partial charge in [-0.1, -0.05) is 0 Å². The van der Waals surface area contributed by atoms with Gasteiger partial charge in [-0.25, -0.2) is 5.43 Å². The molecule has 0 radical (unpaired) electrons. The van der Waals surface area contributed by atoms with Crippen LogP contribution in [0.25, 0.3) is 0 Å². The number of hydrogen-bond donors (Lipinski definition) is 2. The predicted molar refractivity (Wildman–Crippen MR) is 89.4 cm³/mol. The Morgan fingerprint density at radius 3 is 2.64 bits per heavy atom. The predicted octanol–water partition coefficient (Wildman–Crippen LogP) is 2.08. The van der Waals surface area contributed by atoms with Gasteiger partial charge in [-0.2, -0.15) is 5.10 Å². The maximum absolute atomic E-state index is 12.1. The molecule has 0 aliphatic carbocycles. The summed E-state index contributed by atoms with van der Waals surface area (Å²) in [6, 6.07) is 8.42. The van der Waals surface area contributed by atoms with Crippen molar-refractivity contribution < 1.29 is 24.3 Å². The van der Waals surface area contributed by atoms with Gasteiger partial charge in [0.2, 0.25) is 0 Å². The number of hydrazone groups is 1. The Bertz CT molecular complexity index is 835. The number of carbonyl (C=O) groups is 1. The number of nitrogens with one attached hydrogen (secondary N) is 1. The summed E-state index contributed by atoms with van der Waals surface area (Å²) in [5, 5.41) is 23.9. The number of methoxy groups -OCH3 is 2. The minimum Gasteiger partial charge on any atom is -0.502 e. The summed E-state index contributed by atoms with van der Waals surface area (Å²) in [6.07, 6.45) is 1.22. The van der Waals surface area contributed by atoms with Gasteiger partial charge in [0.05, 0.1) is 30.9 Å². The van der Waals surface area contributed by atoms with E-state index >= 15 is 0 Å². The summed E-state index contributed by atoms with van der Waals surface area (Å²) in [6.45, 7) is 0. The molecule has 0 unspecified atom stereocenters. The SMILES string of the molecule is COc1ccc(C(=O)NN=Cc2ccc(O)c([N+](=O)[O-])c2)c(OC)c1. The standard InChI is InChI=1S/C16H15N3O6/c1-24-11-4-5-12(15(8-11)25-2)16(21)18-17-9-10-3-6-14(20)13(7-10)19(22)23/h3-9,20H,1-2H3,(H,18,21). The Labute approximate surface area is 142 Å². The third-order valence-corrected chi connectivity index (χ3v) is 3.23. The van der Waals surface area contributed by atoms with Crippen LogP contribution in [0.15, 0.2) is 41.5 Å². The maximum Gasteiger partial charge on any atom is 0.311 e. The number of nitro benzene ring substituents is 1. The van der Waals surface area contributed by atoms with Crippen LogP contribution in [0, 0.1) is 10.1 Å². The summed E-state index contributed by atoms with van der Waals surface area (Å²) >= 11 is 0. The van der Waals surface area contributed by atoms with Crippen molar-refractivity contribution in [2.24, 2.45) is 5.10 Å². The van der Waals surface area contributed by atoms with Crippen molar-refractivity contribution in [3.8, 4) is 17.2 Å². The molecular formula is C16H15N3O6. The molecule has 0 aliphatic rings. The molecule has 2 N–H and O–H groups in total. The zero-order valence-electron chi connectivity index (χ0n) is 13.4. The van der Waals surface area contributed by atoms with Crippen LogP contribution in [0.5, 0.6) is 17.2 Å². The zero-order chi connectivity index (χ0) is 18.4. The average molecular weight is 345 g/mol. The fourth-order valence-electron chi connectivity index (χ4n) is 1.98. The largest absolute Gasteiger partial charge is 0.502 e. The second kappa shape index (κ2) is 7.77. The summed E-state index contributed by atoms with van der Waals surface area (Å²) in [4.78, 5) is 22.2. The van der Waals surface area contributed by atoms with Crippen LogP contribution in [-0.2, 0) is 0 Å². The molecule has 2 aromatic carbocycles. The smallest absolute Gasteiger partial charge is 0.311 e. The van der Waals surface area contributed by atoms with Crippen LogP contribution in [0.1, 0.15) is 15.9 Å². The highest BCUT2D eigenvalue weighted by Crippen LogP contribution is 2.26. The fraction of sp³-hybridized carbons (Fsp3) is 0.125. The van der Waals surface area contributed by atoms with E-state index in [1.54, 1.807) is 12.1 Å². The molecule has 0 saturated heterocycles. The number of nitro groups is 1. The highest BCUT2D eigenvalue weighted by molar-refractivity contribution is 5.97. The van der Waals surface area contributed by atoms with Crippen LogP contribution < -0.4 is 14.9 Å². The molecule has 2 aromatic rings. The minimum atomic E-state index is -0.715. The molecule has 0 heterocycles. The first-order chi connectivity index (χ1) is 12.0. The van der Waals surface area contributed by atoms with Gasteiger partial charge in [0, 0.05) is 17.7 Å². The molecule has 0 aromatic heterocycles. The zero-order valence-corrected chi connectivity index (χ0v) is 13.4. The third kappa shape index (κ3) is 4.22. The number of phenols is 1. The van der Waals surface area contributed by atoms with E-state index in [1.807, 2.05) is 0 Å². The summed E-state index contributed by atoms with van der Waals surface area (Å²) in [7, 11) is 2.92. The van der Waals surface area contributed by atoms with Crippen LogP contribution in [-0.4, -0.2) is 36.4 Å². The Kier molecular flexibility index (Phi) is 5.51. The van der Waals surface area contributed by atoms with Crippen molar-refractivity contribution in [1.82, 2.24) is 5.43 Å². The Hall–Kier alpha value is -3.62. The molecule has 0 saturated carbocycles. The second-order valence-corrected chi connectivity index (χ2v) is 4.77. The van der Waals surface area contributed by atoms with E-state index in [-0.39, 0.29) is 5.56 Å². The lowest BCUT2D eigenvalue weighted by Crippen LogP contribution is -2.18. The van der Waals surface area contributed by atoms with E-state index < -0.39 is 22.3 Å². The number of nitrogens with zero attached hydrogens (tertiary/aromatic N) is 2. The van der Waals surface area contributed by atoms with Crippen molar-refractivity contribution in [3.05, 3.63) is 57.6 Å². The number of amides is 1. The summed E-state index contributed by atoms with van der Waals surface area (Å²) in [5.74, 6) is -0.126. The van der Waals surface area contributed by atoms with E-state index in [9.17, 15) is 20.0 Å². The average Bonchev–Trinajstić information content (AvgIpc) is 2.62.